The number of guanidine groups is 1. The van der Waals surface area contributed by atoms with E-state index in [1.807, 2.05) is 0 Å². The average molecular weight is 370 g/mol. The lowest BCUT2D eigenvalue weighted by atomic mass is 10.1. The smallest absolute Gasteiger partial charge is 0.369 e. The number of imidazole rings is 1. The fourth-order valence-electron chi connectivity index (χ4n) is 1.67. The Labute approximate surface area is 141 Å². The fraction of sp³-hybridized carbons (Fsp3) is 0.0833. The predicted molar refractivity (Wildman–Crippen MR) is 83.3 cm³/mol. The number of rotatable bonds is 2. The molecule has 126 valence electrons. The van der Waals surface area contributed by atoms with Crippen molar-refractivity contribution < 1.29 is 18.0 Å². The highest BCUT2D eigenvalue weighted by Crippen LogP contribution is 2.30. The van der Waals surface area contributed by atoms with Gasteiger partial charge in [-0.2, -0.15) is 13.2 Å². The molecule has 1 aromatic heterocycles. The first-order valence-corrected chi connectivity index (χ1v) is 5.65. The van der Waals surface area contributed by atoms with E-state index in [1.54, 1.807) is 0 Å². The molecule has 0 atom stereocenters. The highest BCUT2D eigenvalue weighted by Gasteiger charge is 2.32. The van der Waals surface area contributed by atoms with Crippen LogP contribution in [0.15, 0.2) is 36.8 Å². The molecule has 0 unspecified atom stereocenters. The number of carbonyl (C=O) groups excluding carboxylic acids is 1. The monoisotopic (exact) mass is 369 g/mol. The number of carbonyl (C=O) groups is 1. The van der Waals surface area contributed by atoms with Crippen molar-refractivity contribution in [3.05, 3.63) is 47.9 Å². The number of nitrogens with zero attached hydrogens (tertiary/aromatic N) is 2. The van der Waals surface area contributed by atoms with Crippen LogP contribution in [0.1, 0.15) is 15.9 Å². The van der Waals surface area contributed by atoms with E-state index in [0.717, 1.165) is 12.1 Å². The van der Waals surface area contributed by atoms with E-state index < -0.39 is 23.6 Å². The molecule has 0 aliphatic heterocycles. The zero-order valence-electron chi connectivity index (χ0n) is 11.3. The normalized spacial score (nSPS) is 10.2. The Kier molecular flexibility index (Phi) is 7.07. The third-order valence-corrected chi connectivity index (χ3v) is 2.59. The summed E-state index contributed by atoms with van der Waals surface area (Å²) in [6.07, 6.45) is -2.01. The second-order valence-electron chi connectivity index (χ2n) is 4.03. The van der Waals surface area contributed by atoms with Crippen LogP contribution >= 0.6 is 24.8 Å². The van der Waals surface area contributed by atoms with Gasteiger partial charge >= 0.3 is 6.18 Å². The molecule has 0 spiro atoms. The quantitative estimate of drug-likeness (QED) is 0.560. The zero-order chi connectivity index (χ0) is 15.6. The summed E-state index contributed by atoms with van der Waals surface area (Å²) >= 11 is 0. The van der Waals surface area contributed by atoms with Gasteiger partial charge in [0.2, 0.25) is 5.96 Å². The molecule has 0 saturated carbocycles. The van der Waals surface area contributed by atoms with Gasteiger partial charge in [-0.1, -0.05) is 6.07 Å². The van der Waals surface area contributed by atoms with Gasteiger partial charge < -0.3 is 10.7 Å². The molecule has 0 fully saturated rings. The molecule has 2 rings (SSSR count). The third kappa shape index (κ3) is 4.60. The number of halogens is 5. The van der Waals surface area contributed by atoms with Gasteiger partial charge in [-0.15, -0.1) is 24.8 Å². The molecule has 2 aromatic rings. The Morgan fingerprint density at radius 3 is 2.43 bits per heavy atom. The molecular weight excluding hydrogens is 358 g/mol. The summed E-state index contributed by atoms with van der Waals surface area (Å²) in [5.74, 6) is -1.50. The van der Waals surface area contributed by atoms with Gasteiger partial charge in [0.1, 0.15) is 0 Å². The summed E-state index contributed by atoms with van der Waals surface area (Å²) < 4.78 is 38.0. The van der Waals surface area contributed by atoms with Crippen molar-refractivity contribution in [3.8, 4) is 0 Å². The maximum atomic E-state index is 12.7. The van der Waals surface area contributed by atoms with Crippen LogP contribution in [-0.2, 0) is 6.18 Å². The standard InChI is InChI=1S/C12H10F3N5O.2ClH/c13-12(14,15)8-3-1-2-7(4-8)10(21)20(11(16)17)9-5-18-6-19-9;;/h1-6H,(H3,16,17)(H,18,19);2*1H. The predicted octanol–water partition coefficient (Wildman–Crippen LogP) is 2.81. The molecule has 6 nitrogen and oxygen atoms in total. The van der Waals surface area contributed by atoms with Crippen LogP contribution in [-0.4, -0.2) is 21.8 Å². The van der Waals surface area contributed by atoms with Crippen LogP contribution in [0.2, 0.25) is 0 Å². The van der Waals surface area contributed by atoms with Crippen LogP contribution in [0.5, 0.6) is 0 Å². The van der Waals surface area contributed by atoms with Crippen molar-refractivity contribution in [2.24, 2.45) is 5.73 Å². The lowest BCUT2D eigenvalue weighted by Crippen LogP contribution is -2.41. The van der Waals surface area contributed by atoms with E-state index in [4.69, 9.17) is 11.1 Å². The molecule has 1 aromatic carbocycles. The number of hydrogen-bond acceptors (Lipinski definition) is 3. The number of amides is 1. The first kappa shape index (κ1) is 20.7. The van der Waals surface area contributed by atoms with Gasteiger partial charge in [0.05, 0.1) is 11.9 Å². The molecule has 4 N–H and O–H groups in total. The Morgan fingerprint density at radius 1 is 1.30 bits per heavy atom. The Hall–Kier alpha value is -2.26. The fourth-order valence-corrected chi connectivity index (χ4v) is 1.67. The van der Waals surface area contributed by atoms with E-state index in [9.17, 15) is 18.0 Å². The third-order valence-electron chi connectivity index (χ3n) is 2.59. The number of aromatic amines is 1. The van der Waals surface area contributed by atoms with E-state index in [-0.39, 0.29) is 36.2 Å². The second-order valence-corrected chi connectivity index (χ2v) is 4.03. The van der Waals surface area contributed by atoms with E-state index >= 15 is 0 Å². The average Bonchev–Trinajstić information content (AvgIpc) is 2.91. The number of nitrogens with two attached hydrogens (primary N) is 1. The molecular formula is C12H12Cl2F3N5O. The number of benzene rings is 1. The lowest BCUT2D eigenvalue weighted by molar-refractivity contribution is -0.137. The minimum Gasteiger partial charge on any atom is -0.369 e. The van der Waals surface area contributed by atoms with Gasteiger partial charge in [-0.25, -0.2) is 9.88 Å². The van der Waals surface area contributed by atoms with Crippen LogP contribution in [0.25, 0.3) is 0 Å². The number of aromatic nitrogens is 2. The van der Waals surface area contributed by atoms with Gasteiger partial charge in [-0.05, 0) is 18.2 Å². The highest BCUT2D eigenvalue weighted by atomic mass is 35.5. The van der Waals surface area contributed by atoms with Crippen molar-refractivity contribution in [1.29, 1.82) is 5.41 Å². The molecule has 0 saturated heterocycles. The zero-order valence-corrected chi connectivity index (χ0v) is 12.9. The number of H-pyrrole nitrogens is 1. The first-order valence-electron chi connectivity index (χ1n) is 5.65. The van der Waals surface area contributed by atoms with E-state index in [2.05, 4.69) is 9.97 Å². The molecule has 0 aliphatic carbocycles. The summed E-state index contributed by atoms with van der Waals surface area (Å²) in [7, 11) is 0. The molecule has 23 heavy (non-hydrogen) atoms. The van der Waals surface area contributed by atoms with Gasteiger partial charge in [0.15, 0.2) is 5.82 Å². The molecule has 1 amide bonds. The molecule has 0 bridgehead atoms. The minimum absolute atomic E-state index is 0. The van der Waals surface area contributed by atoms with Gasteiger partial charge in [-0.3, -0.25) is 10.2 Å². The molecule has 0 radical (unpaired) electrons. The van der Waals surface area contributed by atoms with Crippen molar-refractivity contribution in [3.63, 3.8) is 0 Å². The summed E-state index contributed by atoms with van der Waals surface area (Å²) in [6, 6.07) is 3.87. The van der Waals surface area contributed by atoms with Crippen molar-refractivity contribution in [2.75, 3.05) is 4.90 Å². The molecule has 0 aliphatic rings. The lowest BCUT2D eigenvalue weighted by Gasteiger charge is -2.18. The maximum Gasteiger partial charge on any atom is 0.416 e. The molecule has 11 heteroatoms. The highest BCUT2D eigenvalue weighted by molar-refractivity contribution is 6.20. The van der Waals surface area contributed by atoms with Crippen molar-refractivity contribution >= 4 is 42.5 Å². The summed E-state index contributed by atoms with van der Waals surface area (Å²) in [5, 5.41) is 7.39. The number of anilines is 1. The van der Waals surface area contributed by atoms with E-state index in [0.29, 0.717) is 11.0 Å². The van der Waals surface area contributed by atoms with Crippen LogP contribution in [0, 0.1) is 5.41 Å². The Balaban J connectivity index is 0.00000242. The Morgan fingerprint density at radius 2 is 1.96 bits per heavy atom. The van der Waals surface area contributed by atoms with Crippen LogP contribution < -0.4 is 10.6 Å². The second kappa shape index (κ2) is 7.84. The van der Waals surface area contributed by atoms with Crippen LogP contribution in [0.4, 0.5) is 19.0 Å². The molecule has 1 heterocycles. The summed E-state index contributed by atoms with van der Waals surface area (Å²) in [4.78, 5) is 19.3. The first-order chi connectivity index (χ1) is 9.80. The number of alkyl halides is 3. The van der Waals surface area contributed by atoms with Crippen LogP contribution in [0.3, 0.4) is 0 Å². The Bertz CT molecular complexity index is 676. The van der Waals surface area contributed by atoms with Crippen molar-refractivity contribution in [2.45, 2.75) is 6.18 Å². The minimum atomic E-state index is -4.57. The van der Waals surface area contributed by atoms with Gasteiger partial charge in [0.25, 0.3) is 5.91 Å². The maximum absolute atomic E-state index is 12.7. The summed E-state index contributed by atoms with van der Waals surface area (Å²) in [6.45, 7) is 0. The summed E-state index contributed by atoms with van der Waals surface area (Å²) in [5.41, 5.74) is 4.10. The van der Waals surface area contributed by atoms with E-state index in [1.165, 1.54) is 18.6 Å². The number of hydrogen-bond donors (Lipinski definition) is 3. The topological polar surface area (TPSA) is 98.9 Å². The van der Waals surface area contributed by atoms with Crippen molar-refractivity contribution in [1.82, 2.24) is 9.97 Å². The SMILES string of the molecule is Cl.Cl.N=C(N)N(C(=O)c1cccc(C(F)(F)F)c1)c1c[nH]cn1. The van der Waals surface area contributed by atoms with Gasteiger partial charge in [0, 0.05) is 11.8 Å². The number of nitrogens with one attached hydrogen (secondary N) is 2. The largest absolute Gasteiger partial charge is 0.416 e.